The van der Waals surface area contributed by atoms with E-state index in [9.17, 15) is 13.2 Å². The molecule has 1 aromatic carbocycles. The fraction of sp³-hybridized carbons (Fsp3) is 0.312. The number of furan rings is 1. The lowest BCUT2D eigenvalue weighted by atomic mass is 10.0. The van der Waals surface area contributed by atoms with Crippen molar-refractivity contribution < 1.29 is 22.4 Å². The van der Waals surface area contributed by atoms with Gasteiger partial charge >= 0.3 is 5.97 Å². The van der Waals surface area contributed by atoms with Crippen LogP contribution in [0.15, 0.2) is 52.0 Å². The zero-order valence-corrected chi connectivity index (χ0v) is 14.0. The molecule has 23 heavy (non-hydrogen) atoms. The first-order chi connectivity index (χ1) is 10.9. The highest BCUT2D eigenvalue weighted by atomic mass is 32.2. The Balaban J connectivity index is 2.15. The van der Waals surface area contributed by atoms with Crippen molar-refractivity contribution in [3.63, 3.8) is 0 Å². The fourth-order valence-corrected chi connectivity index (χ4v) is 3.36. The molecule has 0 bridgehead atoms. The van der Waals surface area contributed by atoms with E-state index in [0.29, 0.717) is 6.54 Å². The van der Waals surface area contributed by atoms with E-state index in [1.807, 2.05) is 37.3 Å². The van der Waals surface area contributed by atoms with E-state index in [1.54, 1.807) is 0 Å². The van der Waals surface area contributed by atoms with Gasteiger partial charge in [-0.2, -0.15) is 4.31 Å². The number of sulfonamides is 1. The van der Waals surface area contributed by atoms with Gasteiger partial charge in [0.2, 0.25) is 10.9 Å². The minimum absolute atomic E-state index is 0.0195. The Bertz CT molecular complexity index is 767. The molecular formula is C16H19NO5S. The van der Waals surface area contributed by atoms with E-state index in [0.717, 1.165) is 5.56 Å². The van der Waals surface area contributed by atoms with Crippen LogP contribution in [0, 0.1) is 0 Å². The van der Waals surface area contributed by atoms with Crippen LogP contribution in [0.2, 0.25) is 0 Å². The third kappa shape index (κ3) is 3.80. The molecule has 0 saturated heterocycles. The van der Waals surface area contributed by atoms with Gasteiger partial charge in [-0.3, -0.25) is 0 Å². The Hall–Kier alpha value is -2.12. The van der Waals surface area contributed by atoms with Crippen LogP contribution >= 0.6 is 0 Å². The van der Waals surface area contributed by atoms with Crippen molar-refractivity contribution in [3.05, 3.63) is 53.8 Å². The normalized spacial score (nSPS) is 13.0. The molecule has 124 valence electrons. The first kappa shape index (κ1) is 17.2. The molecule has 1 atom stereocenters. The van der Waals surface area contributed by atoms with Gasteiger partial charge in [-0.1, -0.05) is 37.3 Å². The van der Waals surface area contributed by atoms with Gasteiger partial charge in [0.05, 0.1) is 7.11 Å². The molecule has 2 rings (SSSR count). The Labute approximate surface area is 135 Å². The number of carbonyl (C=O) groups excluding carboxylic acids is 1. The van der Waals surface area contributed by atoms with Crippen LogP contribution in [0.25, 0.3) is 0 Å². The summed E-state index contributed by atoms with van der Waals surface area (Å²) in [6, 6.07) is 12.2. The third-order valence-electron chi connectivity index (χ3n) is 3.53. The second kappa shape index (κ2) is 6.97. The predicted octanol–water partition coefficient (Wildman–Crippen LogP) is 2.49. The number of rotatable bonds is 6. The largest absolute Gasteiger partial charge is 0.463 e. The number of nitrogens with zero attached hydrogens (tertiary/aromatic N) is 1. The summed E-state index contributed by atoms with van der Waals surface area (Å²) in [7, 11) is -1.12. The van der Waals surface area contributed by atoms with Gasteiger partial charge in [-0.25, -0.2) is 13.2 Å². The van der Waals surface area contributed by atoms with Crippen LogP contribution in [0.5, 0.6) is 0 Å². The van der Waals surface area contributed by atoms with Gasteiger partial charge < -0.3 is 9.15 Å². The molecule has 1 heterocycles. The highest BCUT2D eigenvalue weighted by Gasteiger charge is 2.27. The molecule has 1 aromatic heterocycles. The van der Waals surface area contributed by atoms with Crippen molar-refractivity contribution in [2.24, 2.45) is 0 Å². The summed E-state index contributed by atoms with van der Waals surface area (Å²) in [5, 5.41) is -0.277. The smallest absolute Gasteiger partial charge is 0.374 e. The van der Waals surface area contributed by atoms with Crippen LogP contribution in [-0.2, 0) is 14.8 Å². The molecule has 2 aromatic rings. The first-order valence-electron chi connectivity index (χ1n) is 7.05. The topological polar surface area (TPSA) is 76.8 Å². The van der Waals surface area contributed by atoms with E-state index < -0.39 is 16.0 Å². The number of hydrogen-bond acceptors (Lipinski definition) is 5. The second-order valence-electron chi connectivity index (χ2n) is 5.21. The zero-order chi connectivity index (χ0) is 17.0. The Kier molecular flexibility index (Phi) is 5.23. The molecule has 0 radical (unpaired) electrons. The molecule has 0 aliphatic heterocycles. The van der Waals surface area contributed by atoms with Gasteiger partial charge in [-0.05, 0) is 23.6 Å². The number of benzene rings is 1. The van der Waals surface area contributed by atoms with Crippen LogP contribution in [0.3, 0.4) is 0 Å². The summed E-state index contributed by atoms with van der Waals surface area (Å²) in [6.07, 6.45) is 0. The minimum atomic E-state index is -3.80. The highest BCUT2D eigenvalue weighted by molar-refractivity contribution is 7.89. The molecule has 0 unspecified atom stereocenters. The van der Waals surface area contributed by atoms with Crippen LogP contribution in [0.1, 0.15) is 29.0 Å². The summed E-state index contributed by atoms with van der Waals surface area (Å²) in [5.41, 5.74) is 1.05. The summed E-state index contributed by atoms with van der Waals surface area (Å²) in [5.74, 6) is -0.839. The number of ether oxygens (including phenoxy) is 1. The maximum Gasteiger partial charge on any atom is 0.374 e. The monoisotopic (exact) mass is 337 g/mol. The molecule has 0 amide bonds. The van der Waals surface area contributed by atoms with Crippen molar-refractivity contribution in [2.45, 2.75) is 17.9 Å². The Morgan fingerprint density at radius 2 is 1.87 bits per heavy atom. The third-order valence-corrected chi connectivity index (χ3v) is 5.23. The average molecular weight is 337 g/mol. The first-order valence-corrected chi connectivity index (χ1v) is 8.49. The molecule has 0 fully saturated rings. The summed E-state index contributed by atoms with van der Waals surface area (Å²) in [6.45, 7) is 2.24. The number of methoxy groups -OCH3 is 1. The van der Waals surface area contributed by atoms with E-state index in [4.69, 9.17) is 4.42 Å². The molecular weight excluding hydrogens is 318 g/mol. The minimum Gasteiger partial charge on any atom is -0.463 e. The fourth-order valence-electron chi connectivity index (χ4n) is 2.19. The van der Waals surface area contributed by atoms with Crippen molar-refractivity contribution in [2.75, 3.05) is 20.7 Å². The predicted molar refractivity (Wildman–Crippen MR) is 84.7 cm³/mol. The van der Waals surface area contributed by atoms with E-state index in [-0.39, 0.29) is 16.8 Å². The van der Waals surface area contributed by atoms with Crippen LogP contribution < -0.4 is 0 Å². The molecule has 0 aliphatic carbocycles. The summed E-state index contributed by atoms with van der Waals surface area (Å²) >= 11 is 0. The second-order valence-corrected chi connectivity index (χ2v) is 7.18. The molecule has 7 heteroatoms. The summed E-state index contributed by atoms with van der Waals surface area (Å²) in [4.78, 5) is 11.4. The van der Waals surface area contributed by atoms with Crippen LogP contribution in [-0.4, -0.2) is 39.4 Å². The van der Waals surface area contributed by atoms with Crippen molar-refractivity contribution in [3.8, 4) is 0 Å². The number of esters is 1. The summed E-state index contributed by atoms with van der Waals surface area (Å²) < 4.78 is 35.8. The van der Waals surface area contributed by atoms with Crippen LogP contribution in [0.4, 0.5) is 0 Å². The van der Waals surface area contributed by atoms with E-state index >= 15 is 0 Å². The number of likely N-dealkylation sites (N-methyl/N-ethyl adjacent to an activating group) is 1. The number of hydrogen-bond donors (Lipinski definition) is 0. The van der Waals surface area contributed by atoms with Gasteiger partial charge in [0.1, 0.15) is 0 Å². The quantitative estimate of drug-likeness (QED) is 0.757. The zero-order valence-electron chi connectivity index (χ0n) is 13.2. The molecule has 0 saturated carbocycles. The van der Waals surface area contributed by atoms with Gasteiger partial charge in [0.15, 0.2) is 0 Å². The van der Waals surface area contributed by atoms with Crippen molar-refractivity contribution in [1.82, 2.24) is 4.31 Å². The average Bonchev–Trinajstić information content (AvgIpc) is 3.05. The SMILES string of the molecule is COC(=O)c1ccc(S(=O)(=O)N(C)C[C@H](C)c2ccccc2)o1. The number of carbonyl (C=O) groups is 1. The standard InChI is InChI=1S/C16H19NO5S/c1-12(13-7-5-4-6-8-13)11-17(2)23(19,20)15-10-9-14(22-15)16(18)21-3/h4-10,12H,11H2,1-3H3/t12-/m0/s1. The Morgan fingerprint density at radius 1 is 1.22 bits per heavy atom. The maximum absolute atomic E-state index is 12.5. The maximum atomic E-state index is 12.5. The molecule has 0 spiro atoms. The molecule has 6 nitrogen and oxygen atoms in total. The van der Waals surface area contributed by atoms with Crippen molar-refractivity contribution in [1.29, 1.82) is 0 Å². The lowest BCUT2D eigenvalue weighted by Crippen LogP contribution is -2.30. The molecule has 0 aliphatic rings. The Morgan fingerprint density at radius 3 is 2.48 bits per heavy atom. The van der Waals surface area contributed by atoms with E-state index in [2.05, 4.69) is 4.74 Å². The molecule has 0 N–H and O–H groups in total. The van der Waals surface area contributed by atoms with E-state index in [1.165, 1.54) is 30.6 Å². The van der Waals surface area contributed by atoms with Gasteiger partial charge in [0, 0.05) is 13.6 Å². The lowest BCUT2D eigenvalue weighted by Gasteiger charge is -2.20. The highest BCUT2D eigenvalue weighted by Crippen LogP contribution is 2.22. The lowest BCUT2D eigenvalue weighted by molar-refractivity contribution is 0.0558. The van der Waals surface area contributed by atoms with Gasteiger partial charge in [0.25, 0.3) is 10.0 Å². The van der Waals surface area contributed by atoms with Crippen molar-refractivity contribution >= 4 is 16.0 Å². The van der Waals surface area contributed by atoms with Gasteiger partial charge in [-0.15, -0.1) is 0 Å².